The van der Waals surface area contributed by atoms with Gasteiger partial charge in [0.05, 0.1) is 19.5 Å². The first-order chi connectivity index (χ1) is 7.54. The number of nitrogens with one attached hydrogen (secondary N) is 1. The van der Waals surface area contributed by atoms with Crippen LogP contribution in [0, 0.1) is 5.92 Å². The van der Waals surface area contributed by atoms with E-state index in [0.29, 0.717) is 11.7 Å². The molecule has 0 saturated carbocycles. The quantitative estimate of drug-likeness (QED) is 0.787. The van der Waals surface area contributed by atoms with Crippen LogP contribution in [0.5, 0.6) is 0 Å². The normalized spacial score (nSPS) is 12.3. The van der Waals surface area contributed by atoms with E-state index >= 15 is 0 Å². The molecule has 0 radical (unpaired) electrons. The maximum atomic E-state index is 11.2. The zero-order chi connectivity index (χ0) is 12.1. The lowest BCUT2D eigenvalue weighted by atomic mass is 10.1. The monoisotopic (exact) mass is 223 g/mol. The number of hydrogen-bond acceptors (Lipinski definition) is 5. The van der Waals surface area contributed by atoms with Crippen LogP contribution in [-0.2, 0) is 4.74 Å². The van der Waals surface area contributed by atoms with Gasteiger partial charge in [-0.1, -0.05) is 13.8 Å². The molecule has 0 aromatic carbocycles. The Hall–Kier alpha value is -1.65. The molecule has 1 rings (SSSR count). The highest BCUT2D eigenvalue weighted by Crippen LogP contribution is 2.09. The van der Waals surface area contributed by atoms with Crippen molar-refractivity contribution in [2.75, 3.05) is 12.4 Å². The van der Waals surface area contributed by atoms with E-state index in [-0.39, 0.29) is 11.7 Å². The summed E-state index contributed by atoms with van der Waals surface area (Å²) >= 11 is 0. The van der Waals surface area contributed by atoms with Gasteiger partial charge in [-0.15, -0.1) is 0 Å². The lowest BCUT2D eigenvalue weighted by Crippen LogP contribution is -2.22. The van der Waals surface area contributed by atoms with Gasteiger partial charge < -0.3 is 10.1 Å². The fraction of sp³-hybridized carbons (Fsp3) is 0.545. The fourth-order valence-corrected chi connectivity index (χ4v) is 1.04. The maximum Gasteiger partial charge on any atom is 0.358 e. The number of hydrogen-bond donors (Lipinski definition) is 1. The molecule has 5 heteroatoms. The Morgan fingerprint density at radius 2 is 2.06 bits per heavy atom. The van der Waals surface area contributed by atoms with Crippen molar-refractivity contribution in [2.45, 2.75) is 26.8 Å². The largest absolute Gasteiger partial charge is 0.464 e. The van der Waals surface area contributed by atoms with Gasteiger partial charge in [0, 0.05) is 6.04 Å². The number of carbonyl (C=O) groups is 1. The van der Waals surface area contributed by atoms with Gasteiger partial charge in [-0.3, -0.25) is 4.98 Å². The minimum atomic E-state index is -0.478. The second-order valence-electron chi connectivity index (χ2n) is 3.96. The molecule has 0 aliphatic carbocycles. The molecule has 1 N–H and O–H groups in total. The van der Waals surface area contributed by atoms with Gasteiger partial charge in [0.15, 0.2) is 5.69 Å². The van der Waals surface area contributed by atoms with Gasteiger partial charge in [-0.25, -0.2) is 9.78 Å². The van der Waals surface area contributed by atoms with Crippen LogP contribution in [-0.4, -0.2) is 29.1 Å². The topological polar surface area (TPSA) is 64.1 Å². The lowest BCUT2D eigenvalue weighted by Gasteiger charge is -2.17. The van der Waals surface area contributed by atoms with Crippen LogP contribution in [0.1, 0.15) is 31.3 Å². The molecular weight excluding hydrogens is 206 g/mol. The summed E-state index contributed by atoms with van der Waals surface area (Å²) in [6.07, 6.45) is 2.97. The van der Waals surface area contributed by atoms with Crippen molar-refractivity contribution < 1.29 is 9.53 Å². The van der Waals surface area contributed by atoms with E-state index < -0.39 is 5.97 Å². The number of carbonyl (C=O) groups excluding carboxylic acids is 1. The van der Waals surface area contributed by atoms with Gasteiger partial charge in [-0.2, -0.15) is 0 Å². The van der Waals surface area contributed by atoms with Crippen LogP contribution >= 0.6 is 0 Å². The Bertz CT molecular complexity index is 366. The van der Waals surface area contributed by atoms with Crippen molar-refractivity contribution in [2.24, 2.45) is 5.92 Å². The molecule has 0 fully saturated rings. The molecule has 16 heavy (non-hydrogen) atoms. The molecule has 0 aliphatic rings. The summed E-state index contributed by atoms with van der Waals surface area (Å²) in [6, 6.07) is 0.266. The third-order valence-corrected chi connectivity index (χ3v) is 2.40. The first-order valence-electron chi connectivity index (χ1n) is 5.21. The van der Waals surface area contributed by atoms with Crippen LogP contribution in [0.2, 0.25) is 0 Å². The Labute approximate surface area is 95.3 Å². The van der Waals surface area contributed by atoms with Crippen molar-refractivity contribution in [1.82, 2.24) is 9.97 Å². The molecule has 0 amide bonds. The second-order valence-corrected chi connectivity index (χ2v) is 3.96. The molecule has 0 spiro atoms. The molecule has 1 atom stereocenters. The van der Waals surface area contributed by atoms with Crippen LogP contribution in [0.25, 0.3) is 0 Å². The van der Waals surface area contributed by atoms with Crippen LogP contribution in [0.15, 0.2) is 12.4 Å². The Morgan fingerprint density at radius 3 is 2.62 bits per heavy atom. The molecule has 1 heterocycles. The van der Waals surface area contributed by atoms with E-state index in [0.717, 1.165) is 0 Å². The molecule has 1 aromatic rings. The highest BCUT2D eigenvalue weighted by atomic mass is 16.5. The molecule has 1 unspecified atom stereocenters. The molecule has 0 saturated heterocycles. The highest BCUT2D eigenvalue weighted by molar-refractivity contribution is 5.87. The number of rotatable bonds is 4. The van der Waals surface area contributed by atoms with E-state index in [1.54, 1.807) is 6.20 Å². The van der Waals surface area contributed by atoms with E-state index in [1.807, 2.05) is 0 Å². The summed E-state index contributed by atoms with van der Waals surface area (Å²) in [5.41, 5.74) is 0.212. The summed E-state index contributed by atoms with van der Waals surface area (Å²) in [7, 11) is 1.32. The smallest absolute Gasteiger partial charge is 0.358 e. The molecular formula is C11H17N3O2. The minimum absolute atomic E-state index is 0.212. The van der Waals surface area contributed by atoms with E-state index in [1.165, 1.54) is 13.3 Å². The first-order valence-corrected chi connectivity index (χ1v) is 5.21. The summed E-state index contributed by atoms with van der Waals surface area (Å²) in [5, 5.41) is 3.18. The van der Waals surface area contributed by atoms with Crippen molar-refractivity contribution in [3.8, 4) is 0 Å². The average Bonchev–Trinajstić information content (AvgIpc) is 2.28. The Kier molecular flexibility index (Phi) is 4.22. The van der Waals surface area contributed by atoms with Gasteiger partial charge in [0.25, 0.3) is 0 Å². The van der Waals surface area contributed by atoms with Crippen molar-refractivity contribution in [3.63, 3.8) is 0 Å². The van der Waals surface area contributed by atoms with E-state index in [4.69, 9.17) is 0 Å². The number of esters is 1. The van der Waals surface area contributed by atoms with Gasteiger partial charge in [0.2, 0.25) is 0 Å². The number of aromatic nitrogens is 2. The van der Waals surface area contributed by atoms with Crippen molar-refractivity contribution in [3.05, 3.63) is 18.1 Å². The molecule has 1 aromatic heterocycles. The number of methoxy groups -OCH3 is 1. The number of anilines is 1. The summed E-state index contributed by atoms with van der Waals surface area (Å²) in [5.74, 6) is 0.584. The van der Waals surface area contributed by atoms with Crippen molar-refractivity contribution in [1.29, 1.82) is 0 Å². The zero-order valence-electron chi connectivity index (χ0n) is 10.0. The second kappa shape index (κ2) is 5.44. The van der Waals surface area contributed by atoms with Gasteiger partial charge in [0.1, 0.15) is 5.82 Å². The summed E-state index contributed by atoms with van der Waals surface area (Å²) in [6.45, 7) is 6.27. The van der Waals surface area contributed by atoms with Crippen LogP contribution < -0.4 is 5.32 Å². The Balaban J connectivity index is 2.78. The first kappa shape index (κ1) is 12.4. The number of nitrogens with zero attached hydrogens (tertiary/aromatic N) is 2. The lowest BCUT2D eigenvalue weighted by molar-refractivity contribution is 0.0593. The highest BCUT2D eigenvalue weighted by Gasteiger charge is 2.11. The van der Waals surface area contributed by atoms with Crippen molar-refractivity contribution >= 4 is 11.8 Å². The van der Waals surface area contributed by atoms with E-state index in [2.05, 4.69) is 40.8 Å². The fourth-order valence-electron chi connectivity index (χ4n) is 1.04. The molecule has 0 aliphatic heterocycles. The standard InChI is InChI=1S/C11H17N3O2/c1-7(2)8(3)13-10-6-12-5-9(14-10)11(15)16-4/h5-8H,1-4H3,(H,13,14). The molecule has 5 nitrogen and oxygen atoms in total. The van der Waals surface area contributed by atoms with Crippen LogP contribution in [0.4, 0.5) is 5.82 Å². The van der Waals surface area contributed by atoms with E-state index in [9.17, 15) is 4.79 Å². The van der Waals surface area contributed by atoms with Crippen LogP contribution in [0.3, 0.4) is 0 Å². The predicted molar refractivity (Wildman–Crippen MR) is 61.3 cm³/mol. The number of ether oxygens (including phenoxy) is 1. The molecule has 0 bridgehead atoms. The third-order valence-electron chi connectivity index (χ3n) is 2.40. The maximum absolute atomic E-state index is 11.2. The summed E-state index contributed by atoms with van der Waals surface area (Å²) < 4.78 is 4.57. The van der Waals surface area contributed by atoms with Gasteiger partial charge >= 0.3 is 5.97 Å². The summed E-state index contributed by atoms with van der Waals surface area (Å²) in [4.78, 5) is 19.3. The van der Waals surface area contributed by atoms with Gasteiger partial charge in [-0.05, 0) is 12.8 Å². The Morgan fingerprint density at radius 1 is 1.38 bits per heavy atom. The molecule has 88 valence electrons. The minimum Gasteiger partial charge on any atom is -0.464 e. The average molecular weight is 223 g/mol. The predicted octanol–water partition coefficient (Wildman–Crippen LogP) is 1.72. The SMILES string of the molecule is COC(=O)c1cncc(NC(C)C(C)C)n1. The third kappa shape index (κ3) is 3.18. The zero-order valence-corrected chi connectivity index (χ0v) is 10.0.